The van der Waals surface area contributed by atoms with Crippen LogP contribution in [0.2, 0.25) is 0 Å². The van der Waals surface area contributed by atoms with E-state index in [1.807, 2.05) is 0 Å². The number of non-ortho nitro benzene ring substituents is 1. The topological polar surface area (TPSA) is 168 Å². The molecule has 0 heterocycles. The van der Waals surface area contributed by atoms with Crippen molar-refractivity contribution >= 4 is 29.4 Å². The van der Waals surface area contributed by atoms with Gasteiger partial charge in [0, 0.05) is 12.1 Å². The molecule has 0 saturated heterocycles. The highest BCUT2D eigenvalue weighted by atomic mass is 16.6. The first-order valence-corrected chi connectivity index (χ1v) is 8.83. The molecule has 3 N–H and O–H groups in total. The molecule has 0 radical (unpaired) electrons. The monoisotopic (exact) mass is 409 g/mol. The molecule has 2 atom stereocenters. The molecular formula is C18H23N3O8. The zero-order chi connectivity index (χ0) is 22.0. The van der Waals surface area contributed by atoms with Crippen molar-refractivity contribution in [2.24, 2.45) is 11.7 Å². The Morgan fingerprint density at radius 1 is 1.17 bits per heavy atom. The van der Waals surface area contributed by atoms with E-state index in [0.717, 1.165) is 0 Å². The third-order valence-corrected chi connectivity index (χ3v) is 3.79. The number of amides is 2. The van der Waals surface area contributed by atoms with E-state index in [1.54, 1.807) is 13.8 Å². The summed E-state index contributed by atoms with van der Waals surface area (Å²) in [6.45, 7) is 3.17. The number of primary amides is 1. The Labute approximate surface area is 166 Å². The average Bonchev–Trinajstić information content (AvgIpc) is 2.64. The van der Waals surface area contributed by atoms with E-state index in [-0.39, 0.29) is 25.3 Å². The summed E-state index contributed by atoms with van der Waals surface area (Å²) in [6, 6.07) is 3.86. The fourth-order valence-corrected chi connectivity index (χ4v) is 2.55. The second-order valence-electron chi connectivity index (χ2n) is 5.92. The number of hydrogen-bond donors (Lipinski definition) is 2. The fourth-order valence-electron chi connectivity index (χ4n) is 2.55. The Morgan fingerprint density at radius 3 is 2.38 bits per heavy atom. The van der Waals surface area contributed by atoms with Gasteiger partial charge in [0.2, 0.25) is 11.8 Å². The molecular weight excluding hydrogens is 386 g/mol. The third kappa shape index (κ3) is 7.56. The fraction of sp³-hybridized carbons (Fsp3) is 0.444. The number of rotatable bonds is 11. The van der Waals surface area contributed by atoms with Crippen LogP contribution in [0.15, 0.2) is 24.3 Å². The first-order valence-electron chi connectivity index (χ1n) is 8.83. The van der Waals surface area contributed by atoms with Crippen LogP contribution in [0.1, 0.15) is 25.8 Å². The third-order valence-electron chi connectivity index (χ3n) is 3.79. The summed E-state index contributed by atoms with van der Waals surface area (Å²) in [4.78, 5) is 58.5. The van der Waals surface area contributed by atoms with E-state index in [9.17, 15) is 29.3 Å². The lowest BCUT2D eigenvalue weighted by molar-refractivity contribution is -0.384. The number of carbonyl (C=O) groups excluding carboxylic acids is 4. The van der Waals surface area contributed by atoms with Gasteiger partial charge in [-0.3, -0.25) is 29.3 Å². The van der Waals surface area contributed by atoms with Gasteiger partial charge in [0.25, 0.3) is 5.69 Å². The highest BCUT2D eigenvalue weighted by Gasteiger charge is 2.37. The van der Waals surface area contributed by atoms with Gasteiger partial charge in [-0.05, 0) is 19.4 Å². The van der Waals surface area contributed by atoms with Crippen molar-refractivity contribution in [1.29, 1.82) is 0 Å². The number of nitro benzene ring substituents is 1. The van der Waals surface area contributed by atoms with Crippen molar-refractivity contribution in [2.75, 3.05) is 13.2 Å². The molecule has 0 aliphatic rings. The predicted molar refractivity (Wildman–Crippen MR) is 99.3 cm³/mol. The Bertz CT molecular complexity index is 780. The summed E-state index contributed by atoms with van der Waals surface area (Å²) in [5.41, 5.74) is 5.44. The van der Waals surface area contributed by atoms with Gasteiger partial charge < -0.3 is 20.5 Å². The van der Waals surface area contributed by atoms with Crippen LogP contribution in [0.3, 0.4) is 0 Å². The van der Waals surface area contributed by atoms with Gasteiger partial charge in [0.05, 0.1) is 36.9 Å². The molecule has 11 nitrogen and oxygen atoms in total. The van der Waals surface area contributed by atoms with E-state index >= 15 is 0 Å². The maximum atomic E-state index is 12.3. The van der Waals surface area contributed by atoms with Gasteiger partial charge in [-0.1, -0.05) is 12.1 Å². The van der Waals surface area contributed by atoms with Gasteiger partial charge in [-0.25, -0.2) is 0 Å². The van der Waals surface area contributed by atoms with Crippen molar-refractivity contribution in [2.45, 2.75) is 32.7 Å². The zero-order valence-corrected chi connectivity index (χ0v) is 16.1. The summed E-state index contributed by atoms with van der Waals surface area (Å²) in [6.07, 6.45) is -0.822. The number of carbonyl (C=O) groups is 4. The maximum absolute atomic E-state index is 12.3. The number of ether oxygens (including phenoxy) is 2. The van der Waals surface area contributed by atoms with Crippen LogP contribution in [0.4, 0.5) is 5.69 Å². The number of benzene rings is 1. The molecule has 29 heavy (non-hydrogen) atoms. The number of nitro groups is 1. The van der Waals surface area contributed by atoms with Crippen LogP contribution in [0, 0.1) is 16.0 Å². The lowest BCUT2D eigenvalue weighted by Gasteiger charge is -2.23. The highest BCUT2D eigenvalue weighted by Crippen LogP contribution is 2.16. The van der Waals surface area contributed by atoms with Crippen molar-refractivity contribution in [3.8, 4) is 0 Å². The molecule has 0 aliphatic heterocycles. The Morgan fingerprint density at radius 2 is 1.83 bits per heavy atom. The lowest BCUT2D eigenvalue weighted by Crippen LogP contribution is -2.52. The van der Waals surface area contributed by atoms with Crippen LogP contribution in [0.25, 0.3) is 0 Å². The lowest BCUT2D eigenvalue weighted by atomic mass is 9.95. The quantitative estimate of drug-likeness (QED) is 0.297. The minimum absolute atomic E-state index is 0.00866. The smallest absolute Gasteiger partial charge is 0.312 e. The first-order chi connectivity index (χ1) is 13.7. The van der Waals surface area contributed by atoms with E-state index < -0.39 is 47.1 Å². The van der Waals surface area contributed by atoms with Crippen LogP contribution in [0.5, 0.6) is 0 Å². The molecule has 11 heteroatoms. The van der Waals surface area contributed by atoms with Gasteiger partial charge in [-0.15, -0.1) is 0 Å². The Hall–Kier alpha value is -3.50. The second-order valence-corrected chi connectivity index (χ2v) is 5.92. The zero-order valence-electron chi connectivity index (χ0n) is 16.1. The van der Waals surface area contributed by atoms with E-state index in [1.165, 1.54) is 24.3 Å². The van der Waals surface area contributed by atoms with E-state index in [0.29, 0.717) is 5.56 Å². The van der Waals surface area contributed by atoms with Crippen LogP contribution < -0.4 is 11.1 Å². The SMILES string of the molecule is CCOC(=O)C[C@H](C(=O)OCC)[C@@H](NC(=O)Cc1cccc([N+](=O)[O-])c1)C(N)=O. The van der Waals surface area contributed by atoms with Crippen molar-refractivity contribution in [1.82, 2.24) is 5.32 Å². The minimum Gasteiger partial charge on any atom is -0.466 e. The number of nitrogens with two attached hydrogens (primary N) is 1. The van der Waals surface area contributed by atoms with Gasteiger partial charge in [0.1, 0.15) is 6.04 Å². The molecule has 0 unspecified atom stereocenters. The maximum Gasteiger partial charge on any atom is 0.312 e. The van der Waals surface area contributed by atoms with Gasteiger partial charge >= 0.3 is 11.9 Å². The molecule has 1 aromatic rings. The first kappa shape index (κ1) is 23.5. The molecule has 0 bridgehead atoms. The van der Waals surface area contributed by atoms with Crippen LogP contribution in [-0.2, 0) is 35.1 Å². The normalized spacial score (nSPS) is 12.3. The summed E-state index contributed by atoms with van der Waals surface area (Å²) in [5.74, 6) is -4.78. The highest BCUT2D eigenvalue weighted by molar-refractivity contribution is 5.93. The molecule has 0 aliphatic carbocycles. The summed E-state index contributed by atoms with van der Waals surface area (Å²) < 4.78 is 9.67. The van der Waals surface area contributed by atoms with Crippen LogP contribution in [-0.4, -0.2) is 47.9 Å². The van der Waals surface area contributed by atoms with Gasteiger partial charge in [-0.2, -0.15) is 0 Å². The molecule has 1 rings (SSSR count). The standard InChI is InChI=1S/C18H23N3O8/c1-3-28-15(23)10-13(18(25)29-4-2)16(17(19)24)20-14(22)9-11-6-5-7-12(8-11)21(26)27/h5-8,13,16H,3-4,9-10H2,1-2H3,(H2,19,24)(H,20,22)/t13-,16+/m0/s1. The van der Waals surface area contributed by atoms with E-state index in [2.05, 4.69) is 5.32 Å². The minimum atomic E-state index is -1.52. The van der Waals surface area contributed by atoms with Crippen molar-refractivity contribution < 1.29 is 33.6 Å². The number of nitrogens with zero attached hydrogens (tertiary/aromatic N) is 1. The Kier molecular flexibility index (Phi) is 9.23. The van der Waals surface area contributed by atoms with Gasteiger partial charge in [0.15, 0.2) is 0 Å². The molecule has 0 fully saturated rings. The summed E-state index contributed by atoms with van der Waals surface area (Å²) in [5, 5.41) is 13.1. The average molecular weight is 409 g/mol. The predicted octanol–water partition coefficient (Wildman–Crippen LogP) is 0.240. The number of hydrogen-bond acceptors (Lipinski definition) is 8. The molecule has 0 saturated carbocycles. The summed E-state index contributed by atoms with van der Waals surface area (Å²) >= 11 is 0. The summed E-state index contributed by atoms with van der Waals surface area (Å²) in [7, 11) is 0. The molecule has 0 aromatic heterocycles. The number of esters is 2. The van der Waals surface area contributed by atoms with Crippen molar-refractivity contribution in [3.05, 3.63) is 39.9 Å². The Balaban J connectivity index is 2.99. The van der Waals surface area contributed by atoms with E-state index in [4.69, 9.17) is 15.2 Å². The van der Waals surface area contributed by atoms with Crippen molar-refractivity contribution in [3.63, 3.8) is 0 Å². The second kappa shape index (κ2) is 11.4. The molecule has 2 amide bonds. The van der Waals surface area contributed by atoms with Crippen LogP contribution >= 0.6 is 0 Å². The molecule has 1 aromatic carbocycles. The number of nitrogens with one attached hydrogen (secondary N) is 1. The molecule has 158 valence electrons. The largest absolute Gasteiger partial charge is 0.466 e. The molecule has 0 spiro atoms.